The van der Waals surface area contributed by atoms with Gasteiger partial charge in [0.25, 0.3) is 10.2 Å². The number of ether oxygens (including phenoxy) is 1. The van der Waals surface area contributed by atoms with E-state index < -0.39 is 10.2 Å². The first-order valence-electron chi connectivity index (χ1n) is 7.13. The molecule has 2 N–H and O–H groups in total. The fraction of sp³-hybridized carbons (Fsp3) is 0.692. The maximum atomic E-state index is 12.6. The third-order valence-corrected chi connectivity index (χ3v) is 6.05. The van der Waals surface area contributed by atoms with Crippen molar-refractivity contribution in [1.29, 1.82) is 0 Å². The number of nitrogens with zero attached hydrogens (tertiary/aromatic N) is 2. The Hall–Kier alpha value is -0.930. The molecule has 2 aliphatic heterocycles. The molecule has 7 nitrogen and oxygen atoms in total. The third kappa shape index (κ3) is 2.86. The lowest BCUT2D eigenvalue weighted by Crippen LogP contribution is -2.48. The van der Waals surface area contributed by atoms with Gasteiger partial charge in [0, 0.05) is 38.1 Å². The van der Waals surface area contributed by atoms with Crippen LogP contribution >= 0.6 is 0 Å². The second-order valence-corrected chi connectivity index (χ2v) is 7.48. The largest absolute Gasteiger partial charge is 0.466 e. The van der Waals surface area contributed by atoms with E-state index in [9.17, 15) is 8.42 Å². The zero-order valence-corrected chi connectivity index (χ0v) is 12.9. The summed E-state index contributed by atoms with van der Waals surface area (Å²) in [6, 6.07) is 3.51. The van der Waals surface area contributed by atoms with Gasteiger partial charge in [-0.15, -0.1) is 0 Å². The van der Waals surface area contributed by atoms with E-state index in [0.29, 0.717) is 39.4 Å². The highest BCUT2D eigenvalue weighted by atomic mass is 32.2. The van der Waals surface area contributed by atoms with E-state index in [1.54, 1.807) is 0 Å². The van der Waals surface area contributed by atoms with E-state index >= 15 is 0 Å². The maximum Gasteiger partial charge on any atom is 0.282 e. The molecule has 0 spiro atoms. The van der Waals surface area contributed by atoms with Crippen molar-refractivity contribution in [2.45, 2.75) is 18.9 Å². The van der Waals surface area contributed by atoms with Crippen LogP contribution in [-0.4, -0.2) is 62.5 Å². The summed E-state index contributed by atoms with van der Waals surface area (Å²) < 4.78 is 39.0. The van der Waals surface area contributed by atoms with Crippen molar-refractivity contribution in [2.24, 2.45) is 5.73 Å². The molecule has 8 heteroatoms. The molecule has 0 aromatic carbocycles. The molecule has 0 saturated carbocycles. The highest BCUT2D eigenvalue weighted by Gasteiger charge is 2.41. The van der Waals surface area contributed by atoms with Crippen molar-refractivity contribution >= 4 is 10.2 Å². The van der Waals surface area contributed by atoms with Crippen LogP contribution in [0.5, 0.6) is 0 Å². The molecule has 3 rings (SSSR count). The predicted molar refractivity (Wildman–Crippen MR) is 77.0 cm³/mol. The smallest absolute Gasteiger partial charge is 0.282 e. The summed E-state index contributed by atoms with van der Waals surface area (Å²) in [7, 11) is -3.46. The summed E-state index contributed by atoms with van der Waals surface area (Å²) in [5.41, 5.74) is 6.13. The van der Waals surface area contributed by atoms with Gasteiger partial charge in [0.1, 0.15) is 11.5 Å². The second-order valence-electron chi connectivity index (χ2n) is 5.55. The van der Waals surface area contributed by atoms with Crippen LogP contribution in [0.4, 0.5) is 0 Å². The molecule has 0 amide bonds. The Bertz CT molecular complexity index is 594. The molecule has 21 heavy (non-hydrogen) atoms. The first-order chi connectivity index (χ1) is 9.98. The van der Waals surface area contributed by atoms with Crippen LogP contribution in [0.15, 0.2) is 16.5 Å². The van der Waals surface area contributed by atoms with Crippen molar-refractivity contribution in [1.82, 2.24) is 8.61 Å². The number of hydrogen-bond donors (Lipinski definition) is 1. The fourth-order valence-corrected chi connectivity index (χ4v) is 4.52. The van der Waals surface area contributed by atoms with Gasteiger partial charge in [-0.3, -0.25) is 0 Å². The SMILES string of the molecule is Cc1ccc([C@@H]2CN(S(=O)(=O)N3CCOCC3)C[C@H]2N)o1. The van der Waals surface area contributed by atoms with Crippen molar-refractivity contribution in [2.75, 3.05) is 39.4 Å². The number of nitrogens with two attached hydrogens (primary N) is 1. The predicted octanol–water partition coefficient (Wildman–Crippen LogP) is -0.108. The van der Waals surface area contributed by atoms with Crippen LogP contribution in [0.1, 0.15) is 17.4 Å². The lowest BCUT2D eigenvalue weighted by atomic mass is 10.0. The van der Waals surface area contributed by atoms with Crippen molar-refractivity contribution in [3.63, 3.8) is 0 Å². The van der Waals surface area contributed by atoms with Crippen LogP contribution in [0.25, 0.3) is 0 Å². The van der Waals surface area contributed by atoms with Crippen LogP contribution in [0.2, 0.25) is 0 Å². The van der Waals surface area contributed by atoms with Crippen LogP contribution < -0.4 is 5.73 Å². The van der Waals surface area contributed by atoms with E-state index in [-0.39, 0.29) is 12.0 Å². The molecule has 0 aliphatic carbocycles. The van der Waals surface area contributed by atoms with Gasteiger partial charge in [-0.05, 0) is 19.1 Å². The Morgan fingerprint density at radius 3 is 2.52 bits per heavy atom. The summed E-state index contributed by atoms with van der Waals surface area (Å²) in [5.74, 6) is 1.49. The fourth-order valence-electron chi connectivity index (χ4n) is 2.87. The molecule has 2 aliphatic rings. The highest BCUT2D eigenvalue weighted by molar-refractivity contribution is 7.86. The van der Waals surface area contributed by atoms with Crippen LogP contribution in [-0.2, 0) is 14.9 Å². The molecule has 0 bridgehead atoms. The van der Waals surface area contributed by atoms with E-state index in [4.69, 9.17) is 14.9 Å². The van der Waals surface area contributed by atoms with Gasteiger partial charge < -0.3 is 14.9 Å². The van der Waals surface area contributed by atoms with E-state index in [1.165, 1.54) is 8.61 Å². The monoisotopic (exact) mass is 315 g/mol. The average Bonchev–Trinajstić information content (AvgIpc) is 3.06. The zero-order chi connectivity index (χ0) is 15.0. The normalized spacial score (nSPS) is 29.0. The Kier molecular flexibility index (Phi) is 4.06. The minimum absolute atomic E-state index is 0.0884. The van der Waals surface area contributed by atoms with Gasteiger partial charge in [0.15, 0.2) is 0 Å². The molecule has 0 radical (unpaired) electrons. The molecule has 1 aromatic heterocycles. The van der Waals surface area contributed by atoms with E-state index in [0.717, 1.165) is 11.5 Å². The molecular formula is C13H21N3O4S. The van der Waals surface area contributed by atoms with Crippen LogP contribution in [0, 0.1) is 6.92 Å². The molecule has 118 valence electrons. The molecular weight excluding hydrogens is 294 g/mol. The number of rotatable bonds is 3. The van der Waals surface area contributed by atoms with Gasteiger partial charge >= 0.3 is 0 Å². The lowest BCUT2D eigenvalue weighted by Gasteiger charge is -2.30. The first-order valence-corrected chi connectivity index (χ1v) is 8.53. The Balaban J connectivity index is 1.75. The zero-order valence-electron chi connectivity index (χ0n) is 12.1. The summed E-state index contributed by atoms with van der Waals surface area (Å²) in [6.07, 6.45) is 0. The number of furan rings is 1. The summed E-state index contributed by atoms with van der Waals surface area (Å²) in [5, 5.41) is 0. The Labute approximate surface area is 124 Å². The third-order valence-electron chi connectivity index (χ3n) is 4.08. The van der Waals surface area contributed by atoms with E-state index in [1.807, 2.05) is 19.1 Å². The first kappa shape index (κ1) is 15.0. The lowest BCUT2D eigenvalue weighted by molar-refractivity contribution is 0.0705. The average molecular weight is 315 g/mol. The second kappa shape index (κ2) is 5.69. The molecule has 2 saturated heterocycles. The van der Waals surface area contributed by atoms with Crippen molar-refractivity contribution < 1.29 is 17.6 Å². The molecule has 1 aromatic rings. The highest BCUT2D eigenvalue weighted by Crippen LogP contribution is 2.30. The summed E-state index contributed by atoms with van der Waals surface area (Å²) >= 11 is 0. The minimum atomic E-state index is -3.46. The van der Waals surface area contributed by atoms with Gasteiger partial charge in [-0.2, -0.15) is 17.0 Å². The molecule has 3 heterocycles. The van der Waals surface area contributed by atoms with Crippen LogP contribution in [0.3, 0.4) is 0 Å². The van der Waals surface area contributed by atoms with E-state index in [2.05, 4.69) is 0 Å². The quantitative estimate of drug-likeness (QED) is 0.841. The Morgan fingerprint density at radius 2 is 1.90 bits per heavy atom. The molecule has 0 unspecified atom stereocenters. The Morgan fingerprint density at radius 1 is 1.19 bits per heavy atom. The van der Waals surface area contributed by atoms with Crippen molar-refractivity contribution in [3.8, 4) is 0 Å². The summed E-state index contributed by atoms with van der Waals surface area (Å²) in [6.45, 7) is 4.25. The number of hydrogen-bond acceptors (Lipinski definition) is 5. The summed E-state index contributed by atoms with van der Waals surface area (Å²) in [4.78, 5) is 0. The number of aryl methyl sites for hydroxylation is 1. The molecule has 2 fully saturated rings. The van der Waals surface area contributed by atoms with Crippen molar-refractivity contribution in [3.05, 3.63) is 23.7 Å². The molecule has 2 atom stereocenters. The van der Waals surface area contributed by atoms with Gasteiger partial charge in [-0.25, -0.2) is 0 Å². The van der Waals surface area contributed by atoms with Gasteiger partial charge in [-0.1, -0.05) is 0 Å². The van der Waals surface area contributed by atoms with Gasteiger partial charge in [0.05, 0.1) is 13.2 Å². The topological polar surface area (TPSA) is 89.0 Å². The number of morpholine rings is 1. The minimum Gasteiger partial charge on any atom is -0.466 e. The maximum absolute atomic E-state index is 12.6. The van der Waals surface area contributed by atoms with Gasteiger partial charge in [0.2, 0.25) is 0 Å². The standard InChI is InChI=1S/C13H21N3O4S/c1-10-2-3-13(20-10)11-8-16(9-12(11)14)21(17,18)15-4-6-19-7-5-15/h2-3,11-12H,4-9,14H2,1H3/t11-,12-/m1/s1.